The monoisotopic (exact) mass is 1200 g/mol. The van der Waals surface area contributed by atoms with Crippen LogP contribution in [0.2, 0.25) is 0 Å². The van der Waals surface area contributed by atoms with Gasteiger partial charge in [-0.2, -0.15) is 0 Å². The van der Waals surface area contributed by atoms with Crippen LogP contribution in [0.15, 0.2) is 0 Å². The van der Waals surface area contributed by atoms with E-state index >= 15 is 0 Å². The SMILES string of the molecule is CCCCCCCCCCCCCCCCCC(=O)OC[C@H](COP(=O)(O)OC[C@@H](O)COP(=O)(O)OC[C@@H](COC(=O)CCCCCCCCCCCCCCC)OC(=O)CCCCCCCC)OC(=O)CCCCCCCCC. The van der Waals surface area contributed by atoms with Gasteiger partial charge in [0.2, 0.25) is 0 Å². The molecule has 0 aliphatic carbocycles. The molecule has 480 valence electrons. The molecule has 0 bridgehead atoms. The fraction of sp³-hybridized carbons (Fsp3) is 0.935. The van der Waals surface area contributed by atoms with Crippen LogP contribution >= 0.6 is 15.6 Å². The molecular weight excluding hydrogens is 1080 g/mol. The zero-order valence-electron chi connectivity index (χ0n) is 51.7. The molecule has 0 radical (unpaired) electrons. The second kappa shape index (κ2) is 57.2. The molecule has 0 aromatic carbocycles. The molecule has 0 saturated heterocycles. The van der Waals surface area contributed by atoms with Gasteiger partial charge in [0.25, 0.3) is 0 Å². The first kappa shape index (κ1) is 79.1. The first-order chi connectivity index (χ1) is 39.2. The number of hydrogen-bond acceptors (Lipinski definition) is 15. The molecule has 0 amide bonds. The first-order valence-corrected chi connectivity index (χ1v) is 35.8. The van der Waals surface area contributed by atoms with Crippen molar-refractivity contribution in [2.24, 2.45) is 0 Å². The Morgan fingerprint density at radius 1 is 0.296 bits per heavy atom. The second-order valence-electron chi connectivity index (χ2n) is 22.4. The number of carbonyl (C=O) groups excluding carboxylic acids is 4. The predicted molar refractivity (Wildman–Crippen MR) is 322 cm³/mol. The minimum absolute atomic E-state index is 0.103. The highest BCUT2D eigenvalue weighted by atomic mass is 31.2. The summed E-state index contributed by atoms with van der Waals surface area (Å²) >= 11 is 0. The van der Waals surface area contributed by atoms with E-state index in [0.717, 1.165) is 109 Å². The minimum Gasteiger partial charge on any atom is -0.462 e. The zero-order valence-corrected chi connectivity index (χ0v) is 53.5. The Morgan fingerprint density at radius 3 is 0.728 bits per heavy atom. The van der Waals surface area contributed by atoms with Crippen molar-refractivity contribution < 1.29 is 80.2 Å². The quantitative estimate of drug-likeness (QED) is 0.0222. The fourth-order valence-corrected chi connectivity index (χ4v) is 10.9. The lowest BCUT2D eigenvalue weighted by atomic mass is 10.0. The standard InChI is InChI=1S/C62H120O17P2/c1-5-9-13-17-21-23-25-27-28-30-32-34-37-40-43-47-60(65)73-53-58(79-62(67)49-45-41-35-19-15-11-7-3)55-77-81(70,71)75-51-56(63)50-74-80(68,69)76-54-57(78-61(66)48-44-38-20-16-12-8-4)52-72-59(64)46-42-39-36-33-31-29-26-24-22-18-14-10-6-2/h56-58,63H,5-55H2,1-4H3,(H,68,69)(H,70,71)/t56-,57+,58+/m0/s1. The van der Waals surface area contributed by atoms with Gasteiger partial charge in [0.1, 0.15) is 19.3 Å². The summed E-state index contributed by atoms with van der Waals surface area (Å²) in [4.78, 5) is 71.8. The number of aliphatic hydroxyl groups excluding tert-OH is 1. The fourth-order valence-electron chi connectivity index (χ4n) is 9.28. The van der Waals surface area contributed by atoms with Crippen molar-refractivity contribution in [1.82, 2.24) is 0 Å². The van der Waals surface area contributed by atoms with Crippen LogP contribution in [0.1, 0.15) is 317 Å². The summed E-state index contributed by atoms with van der Waals surface area (Å²) in [7, 11) is -9.87. The maximum absolute atomic E-state index is 12.9. The zero-order chi connectivity index (χ0) is 59.8. The van der Waals surface area contributed by atoms with Crippen LogP contribution in [0, 0.1) is 0 Å². The smallest absolute Gasteiger partial charge is 0.462 e. The first-order valence-electron chi connectivity index (χ1n) is 32.8. The molecule has 5 atom stereocenters. The van der Waals surface area contributed by atoms with Gasteiger partial charge in [0, 0.05) is 25.7 Å². The number of esters is 4. The molecule has 81 heavy (non-hydrogen) atoms. The molecule has 0 rings (SSSR count). The highest BCUT2D eigenvalue weighted by Crippen LogP contribution is 2.45. The molecule has 0 heterocycles. The summed E-state index contributed by atoms with van der Waals surface area (Å²) in [6.07, 6.45) is 42.1. The molecule has 0 aromatic heterocycles. The van der Waals surface area contributed by atoms with Crippen LogP contribution in [-0.2, 0) is 65.4 Å². The third kappa shape index (κ3) is 56.9. The molecule has 0 aliphatic heterocycles. The normalized spacial score (nSPS) is 14.2. The lowest BCUT2D eigenvalue weighted by Gasteiger charge is -2.21. The van der Waals surface area contributed by atoms with Crippen LogP contribution in [0.5, 0.6) is 0 Å². The molecule has 0 aromatic rings. The van der Waals surface area contributed by atoms with Crippen molar-refractivity contribution >= 4 is 39.5 Å². The Bertz CT molecular complexity index is 1570. The maximum Gasteiger partial charge on any atom is 0.472 e. The van der Waals surface area contributed by atoms with Crippen molar-refractivity contribution in [3.05, 3.63) is 0 Å². The molecular formula is C62H120O17P2. The van der Waals surface area contributed by atoms with Crippen LogP contribution < -0.4 is 0 Å². The summed E-state index contributed by atoms with van der Waals surface area (Å²) in [6, 6.07) is 0. The summed E-state index contributed by atoms with van der Waals surface area (Å²) in [6.45, 7) is 4.78. The van der Waals surface area contributed by atoms with Gasteiger partial charge in [0.05, 0.1) is 26.4 Å². The van der Waals surface area contributed by atoms with Gasteiger partial charge in [-0.25, -0.2) is 9.13 Å². The lowest BCUT2D eigenvalue weighted by molar-refractivity contribution is -0.161. The van der Waals surface area contributed by atoms with Gasteiger partial charge < -0.3 is 33.8 Å². The number of rotatable bonds is 63. The number of hydrogen-bond donors (Lipinski definition) is 3. The Balaban J connectivity index is 5.06. The van der Waals surface area contributed by atoms with Gasteiger partial charge in [-0.05, 0) is 25.7 Å². The molecule has 17 nitrogen and oxygen atoms in total. The van der Waals surface area contributed by atoms with Crippen LogP contribution in [0.3, 0.4) is 0 Å². The summed E-state index contributed by atoms with van der Waals surface area (Å²) in [5, 5.41) is 10.5. The number of phosphoric ester groups is 2. The summed E-state index contributed by atoms with van der Waals surface area (Å²) in [5.74, 6) is -2.14. The highest BCUT2D eigenvalue weighted by Gasteiger charge is 2.30. The maximum atomic E-state index is 12.9. The van der Waals surface area contributed by atoms with E-state index in [0.29, 0.717) is 25.7 Å². The number of ether oxygens (including phenoxy) is 4. The molecule has 19 heteroatoms. The number of unbranched alkanes of at least 4 members (excludes halogenated alkanes) is 37. The number of carbonyl (C=O) groups is 4. The van der Waals surface area contributed by atoms with Crippen LogP contribution in [0.4, 0.5) is 0 Å². The van der Waals surface area contributed by atoms with E-state index in [1.54, 1.807) is 0 Å². The van der Waals surface area contributed by atoms with Crippen molar-refractivity contribution in [2.45, 2.75) is 335 Å². The van der Waals surface area contributed by atoms with Gasteiger partial charge in [-0.1, -0.05) is 265 Å². The van der Waals surface area contributed by atoms with E-state index < -0.39 is 97.5 Å². The van der Waals surface area contributed by atoms with Gasteiger partial charge >= 0.3 is 39.5 Å². The third-order valence-corrected chi connectivity index (χ3v) is 16.3. The van der Waals surface area contributed by atoms with Crippen LogP contribution in [-0.4, -0.2) is 96.7 Å². The predicted octanol–water partition coefficient (Wildman–Crippen LogP) is 17.2. The molecule has 0 saturated carbocycles. The summed E-state index contributed by atoms with van der Waals surface area (Å²) in [5.41, 5.74) is 0. The van der Waals surface area contributed by atoms with E-state index in [-0.39, 0.29) is 25.7 Å². The van der Waals surface area contributed by atoms with Crippen molar-refractivity contribution in [2.75, 3.05) is 39.6 Å². The van der Waals surface area contributed by atoms with Gasteiger partial charge in [-0.3, -0.25) is 37.3 Å². The molecule has 2 unspecified atom stereocenters. The van der Waals surface area contributed by atoms with E-state index in [1.165, 1.54) is 128 Å². The Morgan fingerprint density at radius 2 is 0.494 bits per heavy atom. The number of phosphoric acid groups is 2. The number of aliphatic hydroxyl groups is 1. The molecule has 0 fully saturated rings. The molecule has 0 aliphatic rings. The van der Waals surface area contributed by atoms with Crippen molar-refractivity contribution in [3.8, 4) is 0 Å². The summed E-state index contributed by atoms with van der Waals surface area (Å²) < 4.78 is 67.7. The average molecular weight is 1200 g/mol. The van der Waals surface area contributed by atoms with Crippen molar-refractivity contribution in [1.29, 1.82) is 0 Å². The Kier molecular flexibility index (Phi) is 55.8. The van der Waals surface area contributed by atoms with Crippen molar-refractivity contribution in [3.63, 3.8) is 0 Å². The molecule has 0 spiro atoms. The third-order valence-electron chi connectivity index (χ3n) is 14.4. The van der Waals surface area contributed by atoms with E-state index in [1.807, 2.05) is 0 Å². The van der Waals surface area contributed by atoms with E-state index in [4.69, 9.17) is 37.0 Å². The topological polar surface area (TPSA) is 237 Å². The second-order valence-corrected chi connectivity index (χ2v) is 25.4. The van der Waals surface area contributed by atoms with Crippen LogP contribution in [0.25, 0.3) is 0 Å². The van der Waals surface area contributed by atoms with Gasteiger partial charge in [0.15, 0.2) is 12.2 Å². The average Bonchev–Trinajstić information content (AvgIpc) is 3.44. The Hall–Kier alpha value is -1.94. The van der Waals surface area contributed by atoms with E-state index in [9.17, 15) is 43.2 Å². The molecule has 3 N–H and O–H groups in total. The van der Waals surface area contributed by atoms with Gasteiger partial charge in [-0.15, -0.1) is 0 Å². The highest BCUT2D eigenvalue weighted by molar-refractivity contribution is 7.47. The minimum atomic E-state index is -4.93. The van der Waals surface area contributed by atoms with E-state index in [2.05, 4.69) is 27.7 Å². The lowest BCUT2D eigenvalue weighted by Crippen LogP contribution is -2.30. The Labute approximate surface area is 492 Å². The largest absolute Gasteiger partial charge is 0.472 e.